The van der Waals surface area contributed by atoms with Gasteiger partial charge in [-0.3, -0.25) is 4.94 Å². The van der Waals surface area contributed by atoms with E-state index in [9.17, 15) is 9.32 Å². The molecule has 25 heavy (non-hydrogen) atoms. The standard InChI is InChI=1S/C17H15FN2O3.C2H6/c1-17(2,16(21)23-18)22-15-10-11-19-20(15)14-9-5-7-12-6-3-4-8-13(12)14;1-2/h3-11H,1-2H3;1-2H3. The van der Waals surface area contributed by atoms with Crippen molar-refractivity contribution >= 4 is 16.7 Å². The first-order chi connectivity index (χ1) is 12.0. The average Bonchev–Trinajstić information content (AvgIpc) is 3.09. The Kier molecular flexibility index (Phi) is 5.75. The highest BCUT2D eigenvalue weighted by Gasteiger charge is 2.34. The highest BCUT2D eigenvalue weighted by Crippen LogP contribution is 2.27. The number of benzene rings is 2. The zero-order valence-electron chi connectivity index (χ0n) is 14.7. The lowest BCUT2D eigenvalue weighted by atomic mass is 10.1. The Balaban J connectivity index is 0.00000109. The van der Waals surface area contributed by atoms with Crippen molar-refractivity contribution in [3.63, 3.8) is 0 Å². The molecule has 1 aromatic heterocycles. The smallest absolute Gasteiger partial charge is 0.391 e. The first-order valence-corrected chi connectivity index (χ1v) is 8.07. The van der Waals surface area contributed by atoms with Crippen LogP contribution in [-0.2, 0) is 9.74 Å². The second-order valence-corrected chi connectivity index (χ2v) is 5.56. The largest absolute Gasteiger partial charge is 0.459 e. The van der Waals surface area contributed by atoms with Gasteiger partial charge in [-0.25, -0.2) is 9.48 Å². The molecule has 0 aliphatic carbocycles. The van der Waals surface area contributed by atoms with E-state index in [1.54, 1.807) is 16.9 Å². The van der Waals surface area contributed by atoms with Gasteiger partial charge in [0.15, 0.2) is 0 Å². The normalized spacial score (nSPS) is 10.8. The van der Waals surface area contributed by atoms with Crippen molar-refractivity contribution in [2.45, 2.75) is 33.3 Å². The van der Waals surface area contributed by atoms with Gasteiger partial charge in [-0.2, -0.15) is 5.10 Å². The molecule has 2 aromatic carbocycles. The molecule has 132 valence electrons. The Morgan fingerprint density at radius 1 is 1.08 bits per heavy atom. The zero-order valence-corrected chi connectivity index (χ0v) is 14.7. The van der Waals surface area contributed by atoms with Gasteiger partial charge in [0, 0.05) is 16.0 Å². The molecule has 3 aromatic rings. The molecule has 0 amide bonds. The lowest BCUT2D eigenvalue weighted by Gasteiger charge is -2.22. The van der Waals surface area contributed by atoms with Gasteiger partial charge < -0.3 is 4.74 Å². The molecule has 0 saturated heterocycles. The molecule has 0 fully saturated rings. The van der Waals surface area contributed by atoms with Crippen molar-refractivity contribution in [3.8, 4) is 11.6 Å². The van der Waals surface area contributed by atoms with E-state index in [0.717, 1.165) is 16.5 Å². The number of ether oxygens (including phenoxy) is 1. The lowest BCUT2D eigenvalue weighted by molar-refractivity contribution is -0.199. The molecule has 6 heteroatoms. The number of aromatic nitrogens is 2. The summed E-state index contributed by atoms with van der Waals surface area (Å²) >= 11 is 0. The number of nitrogens with zero attached hydrogens (tertiary/aromatic N) is 2. The predicted molar refractivity (Wildman–Crippen MR) is 94.3 cm³/mol. The number of carbonyl (C=O) groups is 1. The molecular formula is C19H21FN2O3. The van der Waals surface area contributed by atoms with Gasteiger partial charge in [0.25, 0.3) is 0 Å². The maximum absolute atomic E-state index is 12.2. The van der Waals surface area contributed by atoms with Crippen LogP contribution < -0.4 is 4.74 Å². The molecule has 3 rings (SSSR count). The first-order valence-electron chi connectivity index (χ1n) is 8.07. The van der Waals surface area contributed by atoms with Crippen LogP contribution in [0.5, 0.6) is 5.88 Å². The number of fused-ring (bicyclic) bond motifs is 1. The Labute approximate surface area is 145 Å². The van der Waals surface area contributed by atoms with E-state index in [4.69, 9.17) is 4.74 Å². The monoisotopic (exact) mass is 344 g/mol. The third kappa shape index (κ3) is 3.79. The highest BCUT2D eigenvalue weighted by atomic mass is 19.3. The topological polar surface area (TPSA) is 53.4 Å². The van der Waals surface area contributed by atoms with Crippen LogP contribution in [0.2, 0.25) is 0 Å². The van der Waals surface area contributed by atoms with Crippen molar-refractivity contribution < 1.29 is 19.0 Å². The Bertz CT molecular complexity index is 853. The van der Waals surface area contributed by atoms with Crippen LogP contribution in [0, 0.1) is 0 Å². The van der Waals surface area contributed by atoms with Gasteiger partial charge in [-0.05, 0) is 25.3 Å². The van der Waals surface area contributed by atoms with Gasteiger partial charge >= 0.3 is 5.97 Å². The number of hydrogen-bond acceptors (Lipinski definition) is 4. The van der Waals surface area contributed by atoms with E-state index in [1.807, 2.05) is 56.3 Å². The summed E-state index contributed by atoms with van der Waals surface area (Å²) in [5, 5.41) is 6.28. The second kappa shape index (κ2) is 7.79. The SMILES string of the molecule is CC.CC(C)(Oc1ccnn1-c1cccc2ccccc12)C(=O)OF. The quantitative estimate of drug-likeness (QED) is 0.692. The molecule has 0 aliphatic rings. The molecule has 1 heterocycles. The van der Waals surface area contributed by atoms with Crippen molar-refractivity contribution in [2.24, 2.45) is 0 Å². The minimum absolute atomic E-state index is 0.316. The van der Waals surface area contributed by atoms with Gasteiger partial charge in [0.1, 0.15) is 0 Å². The molecule has 0 spiro atoms. The Morgan fingerprint density at radius 2 is 1.76 bits per heavy atom. The lowest BCUT2D eigenvalue weighted by Crippen LogP contribution is -2.39. The first kappa shape index (κ1) is 18.4. The van der Waals surface area contributed by atoms with Crippen molar-refractivity contribution in [3.05, 3.63) is 54.7 Å². The van der Waals surface area contributed by atoms with Crippen LogP contribution in [0.25, 0.3) is 16.5 Å². The number of halogens is 1. The summed E-state index contributed by atoms with van der Waals surface area (Å²) < 4.78 is 19.4. The summed E-state index contributed by atoms with van der Waals surface area (Å²) in [6.45, 7) is 6.85. The third-order valence-corrected chi connectivity index (χ3v) is 3.52. The molecule has 0 unspecified atom stereocenters. The predicted octanol–water partition coefficient (Wildman–Crippen LogP) is 4.64. The fraction of sp³-hybridized carbons (Fsp3) is 0.263. The summed E-state index contributed by atoms with van der Waals surface area (Å²) in [5.41, 5.74) is -0.676. The van der Waals surface area contributed by atoms with Crippen LogP contribution in [0.1, 0.15) is 27.7 Å². The summed E-state index contributed by atoms with van der Waals surface area (Å²) in [6.07, 6.45) is 1.55. The zero-order chi connectivity index (χ0) is 18.4. The van der Waals surface area contributed by atoms with Crippen LogP contribution in [-0.4, -0.2) is 21.4 Å². The maximum Gasteiger partial charge on any atom is 0.391 e. The van der Waals surface area contributed by atoms with E-state index in [-0.39, 0.29) is 0 Å². The van der Waals surface area contributed by atoms with Gasteiger partial charge in [0.2, 0.25) is 11.5 Å². The molecule has 0 N–H and O–H groups in total. The van der Waals surface area contributed by atoms with Crippen LogP contribution >= 0.6 is 0 Å². The van der Waals surface area contributed by atoms with Crippen LogP contribution in [0.3, 0.4) is 0 Å². The van der Waals surface area contributed by atoms with Crippen molar-refractivity contribution in [1.29, 1.82) is 0 Å². The van der Waals surface area contributed by atoms with Gasteiger partial charge in [0.05, 0.1) is 11.9 Å². The van der Waals surface area contributed by atoms with E-state index >= 15 is 0 Å². The molecule has 0 aliphatic heterocycles. The van der Waals surface area contributed by atoms with Gasteiger partial charge in [-0.1, -0.05) is 50.2 Å². The molecule has 5 nitrogen and oxygen atoms in total. The molecular weight excluding hydrogens is 323 g/mol. The Hall–Kier alpha value is -2.89. The third-order valence-electron chi connectivity index (χ3n) is 3.52. The van der Waals surface area contributed by atoms with Crippen LogP contribution in [0.4, 0.5) is 4.53 Å². The van der Waals surface area contributed by atoms with E-state index in [2.05, 4.69) is 10.0 Å². The number of hydrogen-bond donors (Lipinski definition) is 0. The van der Waals surface area contributed by atoms with Crippen molar-refractivity contribution in [2.75, 3.05) is 0 Å². The van der Waals surface area contributed by atoms with E-state index in [1.165, 1.54) is 13.8 Å². The second-order valence-electron chi connectivity index (χ2n) is 5.56. The molecule has 0 bridgehead atoms. The summed E-state index contributed by atoms with van der Waals surface area (Å²) in [6, 6.07) is 15.2. The van der Waals surface area contributed by atoms with Crippen molar-refractivity contribution in [1.82, 2.24) is 9.78 Å². The van der Waals surface area contributed by atoms with Gasteiger partial charge in [-0.15, -0.1) is 0 Å². The fourth-order valence-electron chi connectivity index (χ4n) is 2.34. The van der Waals surface area contributed by atoms with E-state index < -0.39 is 11.6 Å². The van der Waals surface area contributed by atoms with E-state index in [0.29, 0.717) is 5.88 Å². The number of carbonyl (C=O) groups excluding carboxylic acids is 1. The fourth-order valence-corrected chi connectivity index (χ4v) is 2.34. The Morgan fingerprint density at radius 3 is 2.48 bits per heavy atom. The minimum Gasteiger partial charge on any atom is -0.459 e. The molecule has 0 saturated carbocycles. The van der Waals surface area contributed by atoms with Crippen LogP contribution in [0.15, 0.2) is 54.7 Å². The average molecular weight is 344 g/mol. The highest BCUT2D eigenvalue weighted by molar-refractivity contribution is 5.90. The number of rotatable bonds is 4. The minimum atomic E-state index is -1.48. The summed E-state index contributed by atoms with van der Waals surface area (Å²) in [4.78, 5) is 14.8. The summed E-state index contributed by atoms with van der Waals surface area (Å²) in [5.74, 6) is -0.792. The maximum atomic E-state index is 12.2. The molecule has 0 radical (unpaired) electrons. The molecule has 0 atom stereocenters. The summed E-state index contributed by atoms with van der Waals surface area (Å²) in [7, 11) is 0.